The Bertz CT molecular complexity index is 549. The zero-order valence-electron chi connectivity index (χ0n) is 15.6. The first-order valence-electron chi connectivity index (χ1n) is 8.79. The van der Waals surface area contributed by atoms with Gasteiger partial charge in [0, 0.05) is 46.4 Å². The molecule has 1 atom stereocenters. The number of hydrogen-bond donors (Lipinski definition) is 1. The predicted molar refractivity (Wildman–Crippen MR) is 95.3 cm³/mol. The number of nitrogens with one attached hydrogen (secondary N) is 1. The second-order valence-electron chi connectivity index (χ2n) is 6.41. The van der Waals surface area contributed by atoms with Crippen molar-refractivity contribution < 1.29 is 9.53 Å². The quantitative estimate of drug-likeness (QED) is 0.753. The van der Waals surface area contributed by atoms with Crippen molar-refractivity contribution in [2.75, 3.05) is 51.3 Å². The van der Waals surface area contributed by atoms with Crippen molar-refractivity contribution in [1.82, 2.24) is 19.6 Å². The SMILES string of the molecule is CCOCCN1CCN(C(C)C(=O)Nc2c(C)nn(C)c2C)CC1. The average molecular weight is 337 g/mol. The van der Waals surface area contributed by atoms with Crippen molar-refractivity contribution in [2.24, 2.45) is 7.05 Å². The average Bonchev–Trinajstić information content (AvgIpc) is 2.81. The standard InChI is InChI=1S/C17H31N5O2/c1-6-24-12-11-21-7-9-22(10-8-21)15(4)17(23)18-16-13(2)19-20(5)14(16)3/h15H,6-12H2,1-5H3,(H,18,23). The van der Waals surface area contributed by atoms with Gasteiger partial charge in [0.2, 0.25) is 5.91 Å². The van der Waals surface area contributed by atoms with Gasteiger partial charge in [-0.2, -0.15) is 5.10 Å². The second kappa shape index (κ2) is 8.60. The third kappa shape index (κ3) is 4.55. The fourth-order valence-corrected chi connectivity index (χ4v) is 3.06. The third-order valence-corrected chi connectivity index (χ3v) is 4.85. The highest BCUT2D eigenvalue weighted by atomic mass is 16.5. The minimum atomic E-state index is -0.141. The Morgan fingerprint density at radius 3 is 2.50 bits per heavy atom. The maximum Gasteiger partial charge on any atom is 0.241 e. The number of carbonyl (C=O) groups is 1. The largest absolute Gasteiger partial charge is 0.380 e. The highest BCUT2D eigenvalue weighted by Crippen LogP contribution is 2.19. The normalized spacial score (nSPS) is 17.9. The molecular formula is C17H31N5O2. The topological polar surface area (TPSA) is 62.6 Å². The highest BCUT2D eigenvalue weighted by Gasteiger charge is 2.26. The molecule has 0 bridgehead atoms. The van der Waals surface area contributed by atoms with Crippen LogP contribution in [0.3, 0.4) is 0 Å². The van der Waals surface area contributed by atoms with Crippen LogP contribution in [0.15, 0.2) is 0 Å². The lowest BCUT2D eigenvalue weighted by atomic mass is 10.2. The van der Waals surface area contributed by atoms with Crippen LogP contribution in [-0.2, 0) is 16.6 Å². The molecule has 7 nitrogen and oxygen atoms in total. The van der Waals surface area contributed by atoms with Crippen LogP contribution in [0, 0.1) is 13.8 Å². The zero-order valence-corrected chi connectivity index (χ0v) is 15.6. The molecular weight excluding hydrogens is 306 g/mol. The van der Waals surface area contributed by atoms with Gasteiger partial charge < -0.3 is 10.1 Å². The Labute approximate surface area is 144 Å². The smallest absolute Gasteiger partial charge is 0.241 e. The van der Waals surface area contributed by atoms with E-state index in [-0.39, 0.29) is 11.9 Å². The van der Waals surface area contributed by atoms with Crippen LogP contribution in [0.2, 0.25) is 0 Å². The molecule has 2 rings (SSSR count). The summed E-state index contributed by atoms with van der Waals surface area (Å²) in [7, 11) is 1.89. The number of anilines is 1. The van der Waals surface area contributed by atoms with Crippen LogP contribution in [0.4, 0.5) is 5.69 Å². The molecule has 0 spiro atoms. The molecule has 0 radical (unpaired) electrons. The van der Waals surface area contributed by atoms with Gasteiger partial charge in [0.05, 0.1) is 29.7 Å². The Morgan fingerprint density at radius 1 is 1.29 bits per heavy atom. The van der Waals surface area contributed by atoms with E-state index in [0.717, 1.165) is 63.0 Å². The van der Waals surface area contributed by atoms with Crippen molar-refractivity contribution >= 4 is 11.6 Å². The first kappa shape index (κ1) is 18.9. The Hall–Kier alpha value is -1.44. The van der Waals surface area contributed by atoms with E-state index in [2.05, 4.69) is 20.2 Å². The van der Waals surface area contributed by atoms with Crippen molar-refractivity contribution in [3.05, 3.63) is 11.4 Å². The molecule has 0 saturated carbocycles. The lowest BCUT2D eigenvalue weighted by molar-refractivity contribution is -0.121. The molecule has 1 fully saturated rings. The summed E-state index contributed by atoms with van der Waals surface area (Å²) >= 11 is 0. The molecule has 136 valence electrons. The zero-order chi connectivity index (χ0) is 17.7. The first-order chi connectivity index (χ1) is 11.4. The molecule has 1 aliphatic heterocycles. The lowest BCUT2D eigenvalue weighted by Gasteiger charge is -2.37. The molecule has 1 N–H and O–H groups in total. The summed E-state index contributed by atoms with van der Waals surface area (Å²) in [5.41, 5.74) is 2.68. The second-order valence-corrected chi connectivity index (χ2v) is 6.41. The van der Waals surface area contributed by atoms with E-state index in [0.29, 0.717) is 0 Å². The van der Waals surface area contributed by atoms with E-state index in [1.165, 1.54) is 0 Å². The molecule has 0 aromatic carbocycles. The van der Waals surface area contributed by atoms with Crippen LogP contribution < -0.4 is 5.32 Å². The van der Waals surface area contributed by atoms with Gasteiger partial charge in [-0.3, -0.25) is 19.3 Å². The Morgan fingerprint density at radius 2 is 1.96 bits per heavy atom. The lowest BCUT2D eigenvalue weighted by Crippen LogP contribution is -2.53. The Balaban J connectivity index is 1.84. The van der Waals surface area contributed by atoms with Gasteiger partial charge >= 0.3 is 0 Å². The van der Waals surface area contributed by atoms with Gasteiger partial charge in [0.15, 0.2) is 0 Å². The van der Waals surface area contributed by atoms with E-state index in [4.69, 9.17) is 4.74 Å². The number of nitrogens with zero attached hydrogens (tertiary/aromatic N) is 4. The minimum Gasteiger partial charge on any atom is -0.380 e. The fraction of sp³-hybridized carbons (Fsp3) is 0.765. The molecule has 1 saturated heterocycles. The van der Waals surface area contributed by atoms with Crippen molar-refractivity contribution in [3.63, 3.8) is 0 Å². The monoisotopic (exact) mass is 337 g/mol. The number of ether oxygens (including phenoxy) is 1. The summed E-state index contributed by atoms with van der Waals surface area (Å²) < 4.78 is 7.21. The molecule has 24 heavy (non-hydrogen) atoms. The fourth-order valence-electron chi connectivity index (χ4n) is 3.06. The van der Waals surface area contributed by atoms with E-state index < -0.39 is 0 Å². The number of aromatic nitrogens is 2. The summed E-state index contributed by atoms with van der Waals surface area (Å²) in [6, 6.07) is -0.141. The van der Waals surface area contributed by atoms with E-state index >= 15 is 0 Å². The summed E-state index contributed by atoms with van der Waals surface area (Å²) in [5.74, 6) is 0.0389. The number of hydrogen-bond acceptors (Lipinski definition) is 5. The molecule has 1 aromatic heterocycles. The maximum atomic E-state index is 12.6. The van der Waals surface area contributed by atoms with Gasteiger partial charge in [-0.15, -0.1) is 0 Å². The minimum absolute atomic E-state index is 0.0389. The van der Waals surface area contributed by atoms with E-state index in [9.17, 15) is 4.79 Å². The number of rotatable bonds is 7. The maximum absolute atomic E-state index is 12.6. The van der Waals surface area contributed by atoms with Crippen molar-refractivity contribution in [3.8, 4) is 0 Å². The summed E-state index contributed by atoms with van der Waals surface area (Å²) in [4.78, 5) is 17.2. The molecule has 0 aliphatic carbocycles. The number of piperazine rings is 1. The Kier molecular flexibility index (Phi) is 6.77. The van der Waals surface area contributed by atoms with Crippen LogP contribution >= 0.6 is 0 Å². The van der Waals surface area contributed by atoms with E-state index in [1.54, 1.807) is 4.68 Å². The third-order valence-electron chi connectivity index (χ3n) is 4.85. The van der Waals surface area contributed by atoms with Crippen LogP contribution in [0.25, 0.3) is 0 Å². The molecule has 1 amide bonds. The van der Waals surface area contributed by atoms with Gasteiger partial charge in [0.25, 0.3) is 0 Å². The van der Waals surface area contributed by atoms with Crippen molar-refractivity contribution in [2.45, 2.75) is 33.7 Å². The first-order valence-corrected chi connectivity index (χ1v) is 8.79. The van der Waals surface area contributed by atoms with Gasteiger partial charge in [-0.05, 0) is 27.7 Å². The molecule has 1 aliphatic rings. The predicted octanol–water partition coefficient (Wildman–Crippen LogP) is 1.02. The molecule has 7 heteroatoms. The molecule has 1 unspecified atom stereocenters. The van der Waals surface area contributed by atoms with Crippen LogP contribution in [-0.4, -0.2) is 77.5 Å². The van der Waals surface area contributed by atoms with Gasteiger partial charge in [-0.25, -0.2) is 0 Å². The summed E-state index contributed by atoms with van der Waals surface area (Å²) in [6.07, 6.45) is 0. The van der Waals surface area contributed by atoms with Crippen LogP contribution in [0.5, 0.6) is 0 Å². The van der Waals surface area contributed by atoms with Crippen molar-refractivity contribution in [1.29, 1.82) is 0 Å². The summed E-state index contributed by atoms with van der Waals surface area (Å²) in [5, 5.41) is 7.40. The van der Waals surface area contributed by atoms with E-state index in [1.807, 2.05) is 34.7 Å². The van der Waals surface area contributed by atoms with Crippen LogP contribution in [0.1, 0.15) is 25.2 Å². The molecule has 2 heterocycles. The molecule has 1 aromatic rings. The number of carbonyl (C=O) groups excluding carboxylic acids is 1. The summed E-state index contributed by atoms with van der Waals surface area (Å²) in [6.45, 7) is 14.2. The number of amides is 1. The van der Waals surface area contributed by atoms with Gasteiger partial charge in [0.1, 0.15) is 0 Å². The highest BCUT2D eigenvalue weighted by molar-refractivity contribution is 5.95. The van der Waals surface area contributed by atoms with Gasteiger partial charge in [-0.1, -0.05) is 0 Å². The number of aryl methyl sites for hydroxylation is 2.